The van der Waals surface area contributed by atoms with Gasteiger partial charge in [-0.05, 0) is 48.5 Å². The van der Waals surface area contributed by atoms with E-state index in [0.717, 1.165) is 41.3 Å². The summed E-state index contributed by atoms with van der Waals surface area (Å²) in [5.74, 6) is 0.917. The van der Waals surface area contributed by atoms with E-state index in [4.69, 9.17) is 0 Å². The van der Waals surface area contributed by atoms with Gasteiger partial charge in [0.1, 0.15) is 0 Å². The van der Waals surface area contributed by atoms with Gasteiger partial charge in [-0.2, -0.15) is 4.68 Å². The number of hydrogen-bond acceptors (Lipinski definition) is 5. The van der Waals surface area contributed by atoms with E-state index in [9.17, 15) is 4.79 Å². The molecule has 2 heterocycles. The van der Waals surface area contributed by atoms with Gasteiger partial charge in [0.15, 0.2) is 5.82 Å². The first-order valence-electron chi connectivity index (χ1n) is 9.53. The van der Waals surface area contributed by atoms with E-state index in [1.165, 1.54) is 0 Å². The largest absolute Gasteiger partial charge is 0.336 e. The molecule has 1 aliphatic heterocycles. The van der Waals surface area contributed by atoms with Crippen LogP contribution in [-0.4, -0.2) is 62.1 Å². The number of aryl methyl sites for hydroxylation is 2. The first-order valence-corrected chi connectivity index (χ1v) is 9.53. The maximum absolute atomic E-state index is 12.8. The number of hydrogen-bond donors (Lipinski definition) is 0. The number of aromatic nitrogens is 4. The number of rotatable bonds is 4. The van der Waals surface area contributed by atoms with Crippen LogP contribution in [0.2, 0.25) is 0 Å². The molecule has 28 heavy (non-hydrogen) atoms. The van der Waals surface area contributed by atoms with Crippen molar-refractivity contribution < 1.29 is 4.79 Å². The van der Waals surface area contributed by atoms with Crippen LogP contribution in [0.5, 0.6) is 0 Å². The summed E-state index contributed by atoms with van der Waals surface area (Å²) in [4.78, 5) is 17.1. The molecular formula is C21H24N6O. The highest BCUT2D eigenvalue weighted by molar-refractivity contribution is 5.94. The maximum Gasteiger partial charge on any atom is 0.253 e. The molecule has 0 bridgehead atoms. The zero-order chi connectivity index (χ0) is 19.5. The predicted octanol–water partition coefficient (Wildman–Crippen LogP) is 2.24. The Hall–Kier alpha value is -3.06. The zero-order valence-electron chi connectivity index (χ0n) is 16.2. The van der Waals surface area contributed by atoms with Crippen molar-refractivity contribution in [1.82, 2.24) is 30.0 Å². The Morgan fingerprint density at radius 2 is 1.64 bits per heavy atom. The molecule has 0 saturated carbocycles. The molecule has 1 aromatic heterocycles. The highest BCUT2D eigenvalue weighted by Crippen LogP contribution is 2.15. The molecule has 144 valence electrons. The second-order valence-electron chi connectivity index (χ2n) is 7.29. The molecule has 1 saturated heterocycles. The van der Waals surface area contributed by atoms with Gasteiger partial charge in [-0.3, -0.25) is 9.69 Å². The number of carbonyl (C=O) groups excluding carboxylic acids is 1. The fraction of sp³-hybridized carbons (Fsp3) is 0.333. The number of tetrazole rings is 1. The van der Waals surface area contributed by atoms with Crippen molar-refractivity contribution in [2.75, 3.05) is 26.2 Å². The molecular weight excluding hydrogens is 352 g/mol. The fourth-order valence-electron chi connectivity index (χ4n) is 3.66. The third-order valence-corrected chi connectivity index (χ3v) is 5.03. The van der Waals surface area contributed by atoms with E-state index >= 15 is 0 Å². The van der Waals surface area contributed by atoms with Crippen LogP contribution in [-0.2, 0) is 6.54 Å². The Labute approximate surface area is 164 Å². The van der Waals surface area contributed by atoms with Gasteiger partial charge >= 0.3 is 0 Å². The van der Waals surface area contributed by atoms with Crippen LogP contribution in [0.1, 0.15) is 27.3 Å². The first-order chi connectivity index (χ1) is 13.6. The van der Waals surface area contributed by atoms with E-state index in [1.807, 2.05) is 61.2 Å². The molecule has 0 spiro atoms. The monoisotopic (exact) mass is 376 g/mol. The van der Waals surface area contributed by atoms with Gasteiger partial charge in [0, 0.05) is 31.7 Å². The van der Waals surface area contributed by atoms with Gasteiger partial charge in [0.25, 0.3) is 5.91 Å². The van der Waals surface area contributed by atoms with Crippen molar-refractivity contribution in [3.05, 3.63) is 71.0 Å². The molecule has 7 heteroatoms. The van der Waals surface area contributed by atoms with Crippen molar-refractivity contribution in [2.24, 2.45) is 0 Å². The van der Waals surface area contributed by atoms with E-state index < -0.39 is 0 Å². The Kier molecular flexibility index (Phi) is 5.16. The van der Waals surface area contributed by atoms with Crippen molar-refractivity contribution in [3.63, 3.8) is 0 Å². The minimum Gasteiger partial charge on any atom is -0.336 e. The Balaban J connectivity index is 1.39. The van der Waals surface area contributed by atoms with Crippen molar-refractivity contribution in [3.8, 4) is 5.69 Å². The van der Waals surface area contributed by atoms with E-state index in [0.29, 0.717) is 19.6 Å². The number of nitrogens with zero attached hydrogens (tertiary/aromatic N) is 6. The fourth-order valence-corrected chi connectivity index (χ4v) is 3.66. The number of amides is 1. The molecule has 0 aliphatic carbocycles. The number of carbonyl (C=O) groups is 1. The van der Waals surface area contributed by atoms with Crippen LogP contribution in [0.3, 0.4) is 0 Å². The molecule has 1 aliphatic rings. The van der Waals surface area contributed by atoms with Crippen molar-refractivity contribution >= 4 is 5.91 Å². The molecule has 0 N–H and O–H groups in total. The highest BCUT2D eigenvalue weighted by atomic mass is 16.2. The Bertz CT molecular complexity index is 940. The SMILES string of the molecule is Cc1cc(C)cc(C(=O)N2CCN(Cc3nnnn3-c3ccccc3)CC2)c1. The summed E-state index contributed by atoms with van der Waals surface area (Å²) in [6, 6.07) is 15.9. The second-order valence-corrected chi connectivity index (χ2v) is 7.29. The molecule has 4 rings (SSSR count). The van der Waals surface area contributed by atoms with Gasteiger partial charge < -0.3 is 4.90 Å². The van der Waals surface area contributed by atoms with Crippen molar-refractivity contribution in [1.29, 1.82) is 0 Å². The van der Waals surface area contributed by atoms with Crippen LogP contribution in [0.4, 0.5) is 0 Å². The second kappa shape index (κ2) is 7.90. The van der Waals surface area contributed by atoms with Crippen LogP contribution in [0.25, 0.3) is 5.69 Å². The molecule has 1 amide bonds. The van der Waals surface area contributed by atoms with Crippen LogP contribution in [0, 0.1) is 13.8 Å². The summed E-state index contributed by atoms with van der Waals surface area (Å²) in [7, 11) is 0. The quantitative estimate of drug-likeness (QED) is 0.699. The molecule has 3 aromatic rings. The number of piperazine rings is 1. The zero-order valence-corrected chi connectivity index (χ0v) is 16.2. The highest BCUT2D eigenvalue weighted by Gasteiger charge is 2.23. The summed E-state index contributed by atoms with van der Waals surface area (Å²) in [5, 5.41) is 12.1. The van der Waals surface area contributed by atoms with E-state index in [-0.39, 0.29) is 5.91 Å². The third-order valence-electron chi connectivity index (χ3n) is 5.03. The number of para-hydroxylation sites is 1. The van der Waals surface area contributed by atoms with E-state index in [2.05, 4.69) is 26.5 Å². The van der Waals surface area contributed by atoms with E-state index in [1.54, 1.807) is 4.68 Å². The minimum atomic E-state index is 0.112. The smallest absolute Gasteiger partial charge is 0.253 e. The summed E-state index contributed by atoms with van der Waals surface area (Å²) in [6.07, 6.45) is 0. The lowest BCUT2D eigenvalue weighted by atomic mass is 10.1. The van der Waals surface area contributed by atoms with Gasteiger partial charge in [-0.15, -0.1) is 5.10 Å². The Morgan fingerprint density at radius 3 is 2.32 bits per heavy atom. The molecule has 0 atom stereocenters. The summed E-state index contributed by atoms with van der Waals surface area (Å²) < 4.78 is 1.77. The predicted molar refractivity (Wildman–Crippen MR) is 106 cm³/mol. The van der Waals surface area contributed by atoms with Crippen LogP contribution < -0.4 is 0 Å². The molecule has 0 radical (unpaired) electrons. The third kappa shape index (κ3) is 3.94. The standard InChI is InChI=1S/C21H24N6O/c1-16-12-17(2)14-18(13-16)21(28)26-10-8-25(9-11-26)15-20-22-23-24-27(20)19-6-4-3-5-7-19/h3-7,12-14H,8-11,15H2,1-2H3. The molecule has 7 nitrogen and oxygen atoms in total. The summed E-state index contributed by atoms with van der Waals surface area (Å²) >= 11 is 0. The normalized spacial score (nSPS) is 15.0. The van der Waals surface area contributed by atoms with Gasteiger partial charge in [0.2, 0.25) is 0 Å². The van der Waals surface area contributed by atoms with Gasteiger partial charge in [0.05, 0.1) is 12.2 Å². The lowest BCUT2D eigenvalue weighted by molar-refractivity contribution is 0.0624. The van der Waals surface area contributed by atoms with Gasteiger partial charge in [-0.1, -0.05) is 35.4 Å². The maximum atomic E-state index is 12.8. The van der Waals surface area contributed by atoms with Crippen molar-refractivity contribution in [2.45, 2.75) is 20.4 Å². The summed E-state index contributed by atoms with van der Waals surface area (Å²) in [5.41, 5.74) is 3.97. The summed E-state index contributed by atoms with van der Waals surface area (Å²) in [6.45, 7) is 7.73. The molecule has 1 fully saturated rings. The molecule has 2 aromatic carbocycles. The van der Waals surface area contributed by atoms with Crippen LogP contribution >= 0.6 is 0 Å². The van der Waals surface area contributed by atoms with Crippen LogP contribution in [0.15, 0.2) is 48.5 Å². The first kappa shape index (κ1) is 18.3. The Morgan fingerprint density at radius 1 is 0.964 bits per heavy atom. The average molecular weight is 376 g/mol. The van der Waals surface area contributed by atoms with Gasteiger partial charge in [-0.25, -0.2) is 0 Å². The topological polar surface area (TPSA) is 67.2 Å². The lowest BCUT2D eigenvalue weighted by Crippen LogP contribution is -2.48. The average Bonchev–Trinajstić information content (AvgIpc) is 3.16. The molecule has 0 unspecified atom stereocenters. The minimum absolute atomic E-state index is 0.112. The lowest BCUT2D eigenvalue weighted by Gasteiger charge is -2.34. The number of benzene rings is 2.